The Kier molecular flexibility index (Phi) is 10.1. The molecule has 1 aromatic rings. The number of benzene rings is 1. The first-order valence-electron chi connectivity index (χ1n) is 15.4. The first-order chi connectivity index (χ1) is 20.1. The van der Waals surface area contributed by atoms with Crippen LogP contribution in [0, 0.1) is 17.2 Å². The predicted octanol–water partition coefficient (Wildman–Crippen LogP) is 5.74. The van der Waals surface area contributed by atoms with Crippen molar-refractivity contribution in [2.75, 3.05) is 46.8 Å². The molecule has 0 aliphatic carbocycles. The summed E-state index contributed by atoms with van der Waals surface area (Å²) in [6.45, 7) is 16.5. The van der Waals surface area contributed by atoms with Gasteiger partial charge in [0.2, 0.25) is 5.91 Å². The predicted molar refractivity (Wildman–Crippen MR) is 173 cm³/mol. The zero-order valence-corrected chi connectivity index (χ0v) is 26.5. The molecule has 3 heterocycles. The number of rotatable bonds is 6. The van der Waals surface area contributed by atoms with E-state index in [1.807, 2.05) is 37.2 Å². The number of aliphatic imine (C=N–C) groups is 1. The van der Waals surface area contributed by atoms with Crippen molar-refractivity contribution >= 4 is 17.3 Å². The molecule has 1 aromatic carbocycles. The molecule has 42 heavy (non-hydrogen) atoms. The first kappa shape index (κ1) is 31.3. The number of carbonyl (C=O) groups is 1. The summed E-state index contributed by atoms with van der Waals surface area (Å²) in [6, 6.07) is 10.0. The Morgan fingerprint density at radius 3 is 2.69 bits per heavy atom. The molecule has 1 N–H and O–H groups in total. The Labute approximate surface area is 253 Å². The number of piperidine rings is 1. The number of nitriles is 1. The molecule has 1 unspecified atom stereocenters. The quantitative estimate of drug-likeness (QED) is 0.443. The molecule has 3 aliphatic rings. The van der Waals surface area contributed by atoms with Gasteiger partial charge in [0, 0.05) is 64.5 Å². The normalized spacial score (nSPS) is 23.4. The molecule has 7 nitrogen and oxygen atoms in total. The highest BCUT2D eigenvalue weighted by atomic mass is 16.2. The highest BCUT2D eigenvalue weighted by Gasteiger charge is 2.46. The monoisotopic (exact) mass is 568 g/mol. The van der Waals surface area contributed by atoms with Crippen LogP contribution in [-0.2, 0) is 4.79 Å². The second-order valence-corrected chi connectivity index (χ2v) is 12.4. The lowest BCUT2D eigenvalue weighted by Gasteiger charge is -2.48. The summed E-state index contributed by atoms with van der Waals surface area (Å²) < 4.78 is 0. The summed E-state index contributed by atoms with van der Waals surface area (Å²) in [5.74, 6) is 1.66. The maximum atomic E-state index is 14.3. The van der Waals surface area contributed by atoms with Gasteiger partial charge in [-0.1, -0.05) is 43.7 Å². The number of amides is 1. The minimum atomic E-state index is -0.551. The zero-order valence-electron chi connectivity index (χ0n) is 26.5. The highest BCUT2D eigenvalue weighted by Crippen LogP contribution is 2.33. The average molecular weight is 569 g/mol. The zero-order chi connectivity index (χ0) is 30.4. The third-order valence-electron chi connectivity index (χ3n) is 8.98. The van der Waals surface area contributed by atoms with Crippen LogP contribution in [0.3, 0.4) is 0 Å². The fraction of sp³-hybridized carbons (Fsp3) is 0.514. The molecule has 224 valence electrons. The van der Waals surface area contributed by atoms with Crippen LogP contribution in [0.15, 0.2) is 70.5 Å². The van der Waals surface area contributed by atoms with Crippen LogP contribution in [0.5, 0.6) is 0 Å². The molecule has 2 saturated heterocycles. The van der Waals surface area contributed by atoms with Gasteiger partial charge in [0.15, 0.2) is 0 Å². The van der Waals surface area contributed by atoms with Crippen LogP contribution in [0.1, 0.15) is 70.9 Å². The van der Waals surface area contributed by atoms with E-state index >= 15 is 0 Å². The molecule has 1 spiro atoms. The lowest BCUT2D eigenvalue weighted by molar-refractivity contribution is -0.142. The van der Waals surface area contributed by atoms with Crippen LogP contribution in [-0.4, -0.2) is 78.8 Å². The minimum Gasteiger partial charge on any atom is -0.383 e. The number of allylic oxidation sites excluding steroid dienone is 3. The second-order valence-electron chi connectivity index (χ2n) is 12.4. The Morgan fingerprint density at radius 1 is 1.29 bits per heavy atom. The van der Waals surface area contributed by atoms with E-state index in [2.05, 4.69) is 73.8 Å². The van der Waals surface area contributed by atoms with Crippen LogP contribution >= 0.6 is 0 Å². The number of nitrogens with zero attached hydrogens (tertiary/aromatic N) is 5. The van der Waals surface area contributed by atoms with Gasteiger partial charge in [-0.05, 0) is 75.3 Å². The fourth-order valence-corrected chi connectivity index (χ4v) is 6.37. The minimum absolute atomic E-state index is 0.195. The number of hydrogen-bond donors (Lipinski definition) is 1. The molecular weight excluding hydrogens is 520 g/mol. The summed E-state index contributed by atoms with van der Waals surface area (Å²) in [6.07, 6.45) is 8.75. The first-order valence-corrected chi connectivity index (χ1v) is 15.4. The van der Waals surface area contributed by atoms with E-state index in [0.717, 1.165) is 80.0 Å². The van der Waals surface area contributed by atoms with Crippen molar-refractivity contribution in [2.24, 2.45) is 10.9 Å². The number of carbonyl (C=O) groups excluding carboxylic acids is 1. The summed E-state index contributed by atoms with van der Waals surface area (Å²) in [4.78, 5) is 25.7. The van der Waals surface area contributed by atoms with Crippen LogP contribution in [0.4, 0.5) is 0 Å². The number of amidine groups is 1. The number of likely N-dealkylation sites (tertiary alicyclic amines) is 1. The van der Waals surface area contributed by atoms with E-state index in [-0.39, 0.29) is 5.91 Å². The van der Waals surface area contributed by atoms with Crippen molar-refractivity contribution in [3.63, 3.8) is 0 Å². The summed E-state index contributed by atoms with van der Waals surface area (Å²) in [7, 11) is 4.03. The maximum Gasteiger partial charge on any atom is 0.243 e. The van der Waals surface area contributed by atoms with Gasteiger partial charge < -0.3 is 20.0 Å². The van der Waals surface area contributed by atoms with Gasteiger partial charge in [0.1, 0.15) is 11.4 Å². The van der Waals surface area contributed by atoms with Crippen molar-refractivity contribution in [1.82, 2.24) is 20.0 Å². The lowest BCUT2D eigenvalue weighted by atomic mass is 9.83. The molecule has 0 radical (unpaired) electrons. The summed E-state index contributed by atoms with van der Waals surface area (Å²) in [5, 5.41) is 13.2. The second kappa shape index (κ2) is 13.6. The topological polar surface area (TPSA) is 75.0 Å². The molecule has 0 bridgehead atoms. The van der Waals surface area contributed by atoms with E-state index in [4.69, 9.17) is 4.99 Å². The van der Waals surface area contributed by atoms with E-state index in [9.17, 15) is 10.1 Å². The van der Waals surface area contributed by atoms with Gasteiger partial charge in [-0.25, -0.2) is 4.99 Å². The Hall–Kier alpha value is -3.63. The maximum absolute atomic E-state index is 14.3. The van der Waals surface area contributed by atoms with Crippen molar-refractivity contribution in [2.45, 2.75) is 65.3 Å². The van der Waals surface area contributed by atoms with Gasteiger partial charge >= 0.3 is 0 Å². The van der Waals surface area contributed by atoms with Crippen molar-refractivity contribution in [1.29, 1.82) is 5.26 Å². The summed E-state index contributed by atoms with van der Waals surface area (Å²) >= 11 is 0. The van der Waals surface area contributed by atoms with Gasteiger partial charge in [0.25, 0.3) is 0 Å². The SMILES string of the molecule is C=C1/C=C(/C)CCC(C)C(N2CCC3(CC2)NCCN(CC(C(=CN(C)C)c2cccc(C#N)c2)=C(C)CC)C3=O)=N1. The largest absolute Gasteiger partial charge is 0.383 e. The van der Waals surface area contributed by atoms with Crippen molar-refractivity contribution < 1.29 is 4.79 Å². The molecule has 0 aromatic heterocycles. The summed E-state index contributed by atoms with van der Waals surface area (Å²) in [5.41, 5.74) is 6.70. The number of hydrogen-bond acceptors (Lipinski definition) is 6. The molecule has 1 amide bonds. The van der Waals surface area contributed by atoms with Crippen LogP contribution in [0.2, 0.25) is 0 Å². The molecule has 3 aliphatic heterocycles. The molecule has 7 heteroatoms. The van der Waals surface area contributed by atoms with Gasteiger partial charge in [0.05, 0.1) is 17.3 Å². The van der Waals surface area contributed by atoms with Crippen LogP contribution < -0.4 is 5.32 Å². The van der Waals surface area contributed by atoms with Gasteiger partial charge in [-0.3, -0.25) is 4.79 Å². The number of piperazine rings is 1. The molecular formula is C35H48N6O. The average Bonchev–Trinajstić information content (AvgIpc) is 2.98. The third-order valence-corrected chi connectivity index (χ3v) is 8.98. The van der Waals surface area contributed by atoms with E-state index < -0.39 is 5.54 Å². The van der Waals surface area contributed by atoms with Gasteiger partial charge in [-0.2, -0.15) is 5.26 Å². The van der Waals surface area contributed by atoms with E-state index in [1.165, 1.54) is 11.1 Å². The third kappa shape index (κ3) is 7.04. The lowest BCUT2D eigenvalue weighted by Crippen LogP contribution is -2.68. The van der Waals surface area contributed by atoms with Crippen molar-refractivity contribution in [3.8, 4) is 6.07 Å². The van der Waals surface area contributed by atoms with Gasteiger partial charge in [-0.15, -0.1) is 0 Å². The molecule has 0 saturated carbocycles. The standard InChI is InChI=1S/C35H48N6O/c1-8-26(3)31(32(23-39(6)7)30-11-9-10-29(21-30)22-36)24-41-19-16-37-35(34(41)42)14-17-40(18-15-35)33-27(4)13-12-25(2)20-28(5)38-33/h9-11,20-21,23,27,37H,5,8,12-19,24H2,1-4,6-7H3/b25-20-,31-26?,32-23?,38-33?. The van der Waals surface area contributed by atoms with E-state index in [1.54, 1.807) is 0 Å². The Morgan fingerprint density at radius 2 is 2.02 bits per heavy atom. The van der Waals surface area contributed by atoms with E-state index in [0.29, 0.717) is 24.6 Å². The Balaban J connectivity index is 1.57. The molecule has 1 atom stereocenters. The van der Waals surface area contributed by atoms with Crippen molar-refractivity contribution in [3.05, 3.63) is 76.7 Å². The molecule has 4 rings (SSSR count). The fourth-order valence-electron chi connectivity index (χ4n) is 6.37. The number of nitrogens with one attached hydrogen (secondary N) is 1. The van der Waals surface area contributed by atoms with Crippen LogP contribution in [0.25, 0.3) is 5.57 Å². The Bertz CT molecular complexity index is 1350. The smallest absolute Gasteiger partial charge is 0.243 e. The molecule has 2 fully saturated rings. The highest BCUT2D eigenvalue weighted by molar-refractivity contribution is 5.90.